The van der Waals surface area contributed by atoms with Crippen molar-refractivity contribution in [3.63, 3.8) is 0 Å². The van der Waals surface area contributed by atoms with Crippen LogP contribution in [0.5, 0.6) is 0 Å². The fourth-order valence-corrected chi connectivity index (χ4v) is 2.97. The van der Waals surface area contributed by atoms with E-state index in [1.807, 2.05) is 6.07 Å². The van der Waals surface area contributed by atoms with E-state index in [2.05, 4.69) is 4.98 Å². The average Bonchev–Trinajstić information content (AvgIpc) is 2.67. The predicted molar refractivity (Wildman–Crippen MR) is 81.0 cm³/mol. The van der Waals surface area contributed by atoms with Crippen LogP contribution in [-0.4, -0.2) is 37.7 Å². The first-order chi connectivity index (χ1) is 9.58. The average molecular weight is 308 g/mol. The van der Waals surface area contributed by atoms with Crippen molar-refractivity contribution in [2.24, 2.45) is 0 Å². The van der Waals surface area contributed by atoms with Crippen LogP contribution in [-0.2, 0) is 9.59 Å². The lowest BCUT2D eigenvalue weighted by molar-refractivity contribution is -0.137. The topological polar surface area (TPSA) is 70.5 Å². The number of carboxylic acid groups (broad SMARTS) is 1. The van der Waals surface area contributed by atoms with Crippen LogP contribution in [0.2, 0.25) is 0 Å². The second-order valence-electron chi connectivity index (χ2n) is 4.09. The van der Waals surface area contributed by atoms with Gasteiger partial charge in [-0.25, -0.2) is 0 Å². The zero-order valence-electron chi connectivity index (χ0n) is 10.5. The van der Waals surface area contributed by atoms with Gasteiger partial charge in [-0.2, -0.15) is 0 Å². The first-order valence-corrected chi connectivity index (χ1v) is 7.18. The number of thioether (sulfide) groups is 1. The Bertz CT molecular complexity index is 572. The highest BCUT2D eigenvalue weighted by Crippen LogP contribution is 2.32. The molecule has 0 unspecified atom stereocenters. The SMILES string of the molecule is O=C(O)CCCN1C(=O)/C(=C/c2ccccn2)SC1=S. The van der Waals surface area contributed by atoms with Crippen LogP contribution >= 0.6 is 24.0 Å². The molecule has 1 aromatic heterocycles. The third-order valence-corrected chi connectivity index (χ3v) is 3.99. The lowest BCUT2D eigenvalue weighted by Gasteiger charge is -2.13. The van der Waals surface area contributed by atoms with Crippen LogP contribution in [0.4, 0.5) is 0 Å². The molecule has 0 radical (unpaired) electrons. The molecule has 20 heavy (non-hydrogen) atoms. The number of pyridine rings is 1. The highest BCUT2D eigenvalue weighted by atomic mass is 32.2. The van der Waals surface area contributed by atoms with Crippen molar-refractivity contribution in [2.75, 3.05) is 6.54 Å². The Balaban J connectivity index is 2.05. The number of carbonyl (C=O) groups excluding carboxylic acids is 1. The van der Waals surface area contributed by atoms with E-state index in [-0.39, 0.29) is 12.3 Å². The van der Waals surface area contributed by atoms with Crippen LogP contribution < -0.4 is 0 Å². The fraction of sp³-hybridized carbons (Fsp3) is 0.231. The summed E-state index contributed by atoms with van der Waals surface area (Å²) in [4.78, 5) is 28.7. The number of rotatable bonds is 5. The minimum absolute atomic E-state index is 0.0242. The summed E-state index contributed by atoms with van der Waals surface area (Å²) in [5.41, 5.74) is 0.693. The Morgan fingerprint density at radius 2 is 2.30 bits per heavy atom. The third kappa shape index (κ3) is 3.64. The maximum absolute atomic E-state index is 12.2. The van der Waals surface area contributed by atoms with E-state index < -0.39 is 5.97 Å². The van der Waals surface area contributed by atoms with E-state index in [1.165, 1.54) is 16.7 Å². The Labute approximate surface area is 125 Å². The summed E-state index contributed by atoms with van der Waals surface area (Å²) in [5.74, 6) is -1.06. The number of carbonyl (C=O) groups is 2. The van der Waals surface area contributed by atoms with Crippen LogP contribution in [0.1, 0.15) is 18.5 Å². The number of aromatic nitrogens is 1. The number of hydrogen-bond donors (Lipinski definition) is 1. The molecule has 1 aliphatic rings. The standard InChI is InChI=1S/C13H12N2O3S2/c16-11(17)5-3-7-15-12(18)10(20-13(15)19)8-9-4-1-2-6-14-9/h1-2,4,6,8H,3,5,7H2,(H,16,17)/b10-8-. The lowest BCUT2D eigenvalue weighted by Crippen LogP contribution is -2.29. The molecule has 1 saturated heterocycles. The molecule has 0 aromatic carbocycles. The van der Waals surface area contributed by atoms with Crippen molar-refractivity contribution in [3.8, 4) is 0 Å². The zero-order chi connectivity index (χ0) is 14.5. The number of aliphatic carboxylic acids is 1. The number of amides is 1. The number of carboxylic acids is 1. The first kappa shape index (κ1) is 14.7. The Kier molecular flexibility index (Phi) is 4.86. The zero-order valence-corrected chi connectivity index (χ0v) is 12.1. The van der Waals surface area contributed by atoms with Gasteiger partial charge in [0.15, 0.2) is 0 Å². The van der Waals surface area contributed by atoms with E-state index in [0.29, 0.717) is 27.9 Å². The molecule has 5 nitrogen and oxygen atoms in total. The van der Waals surface area contributed by atoms with Crippen LogP contribution in [0.3, 0.4) is 0 Å². The van der Waals surface area contributed by atoms with E-state index in [9.17, 15) is 9.59 Å². The summed E-state index contributed by atoms with van der Waals surface area (Å²) in [6.07, 6.45) is 3.75. The lowest BCUT2D eigenvalue weighted by atomic mass is 10.3. The van der Waals surface area contributed by atoms with Gasteiger partial charge in [0.25, 0.3) is 5.91 Å². The fourth-order valence-electron chi connectivity index (χ4n) is 1.68. The number of thiocarbonyl (C=S) groups is 1. The minimum atomic E-state index is -0.875. The van der Waals surface area contributed by atoms with Gasteiger partial charge in [0.2, 0.25) is 0 Å². The summed E-state index contributed by atoms with van der Waals surface area (Å²) >= 11 is 6.37. The smallest absolute Gasteiger partial charge is 0.303 e. The molecular weight excluding hydrogens is 296 g/mol. The van der Waals surface area contributed by atoms with Gasteiger partial charge in [0.05, 0.1) is 10.6 Å². The normalized spacial score (nSPS) is 17.0. The molecule has 1 N–H and O–H groups in total. The van der Waals surface area contributed by atoms with Gasteiger partial charge >= 0.3 is 5.97 Å². The molecule has 1 aliphatic heterocycles. The number of hydrogen-bond acceptors (Lipinski definition) is 5. The molecule has 104 valence electrons. The maximum Gasteiger partial charge on any atom is 0.303 e. The molecule has 2 heterocycles. The summed E-state index contributed by atoms with van der Waals surface area (Å²) in [6.45, 7) is 0.330. The second-order valence-corrected chi connectivity index (χ2v) is 5.76. The minimum Gasteiger partial charge on any atom is -0.481 e. The van der Waals surface area contributed by atoms with Gasteiger partial charge in [0, 0.05) is 19.2 Å². The predicted octanol–water partition coefficient (Wildman–Crippen LogP) is 2.15. The quantitative estimate of drug-likeness (QED) is 0.664. The molecule has 1 aromatic rings. The van der Waals surface area contributed by atoms with Crippen LogP contribution in [0.15, 0.2) is 29.3 Å². The monoisotopic (exact) mass is 308 g/mol. The van der Waals surface area contributed by atoms with Crippen molar-refractivity contribution in [1.29, 1.82) is 0 Å². The van der Waals surface area contributed by atoms with E-state index in [0.717, 1.165) is 0 Å². The maximum atomic E-state index is 12.2. The second kappa shape index (κ2) is 6.62. The van der Waals surface area contributed by atoms with E-state index >= 15 is 0 Å². The first-order valence-electron chi connectivity index (χ1n) is 5.96. The van der Waals surface area contributed by atoms with Gasteiger partial charge in [-0.15, -0.1) is 0 Å². The number of nitrogens with zero attached hydrogens (tertiary/aromatic N) is 2. The van der Waals surface area contributed by atoms with Gasteiger partial charge in [-0.3, -0.25) is 19.5 Å². The van der Waals surface area contributed by atoms with Crippen molar-refractivity contribution >= 4 is 46.3 Å². The van der Waals surface area contributed by atoms with Gasteiger partial charge in [-0.1, -0.05) is 30.0 Å². The molecule has 0 aliphatic carbocycles. The van der Waals surface area contributed by atoms with Crippen molar-refractivity contribution in [1.82, 2.24) is 9.88 Å². The molecule has 0 spiro atoms. The Morgan fingerprint density at radius 1 is 1.50 bits per heavy atom. The van der Waals surface area contributed by atoms with Crippen molar-refractivity contribution < 1.29 is 14.7 Å². The molecule has 2 rings (SSSR count). The molecule has 0 saturated carbocycles. The van der Waals surface area contributed by atoms with E-state index in [4.69, 9.17) is 17.3 Å². The summed E-state index contributed by atoms with van der Waals surface area (Å²) in [6, 6.07) is 5.44. The van der Waals surface area contributed by atoms with Gasteiger partial charge in [-0.05, 0) is 24.6 Å². The Morgan fingerprint density at radius 3 is 2.95 bits per heavy atom. The van der Waals surface area contributed by atoms with E-state index in [1.54, 1.807) is 24.4 Å². The van der Waals surface area contributed by atoms with Crippen molar-refractivity contribution in [3.05, 3.63) is 35.0 Å². The van der Waals surface area contributed by atoms with Gasteiger partial charge < -0.3 is 5.11 Å². The summed E-state index contributed by atoms with van der Waals surface area (Å²) < 4.78 is 0.461. The van der Waals surface area contributed by atoms with Crippen LogP contribution in [0, 0.1) is 0 Å². The molecule has 1 fully saturated rings. The van der Waals surface area contributed by atoms with Gasteiger partial charge in [0.1, 0.15) is 4.32 Å². The summed E-state index contributed by atoms with van der Waals surface area (Å²) in [7, 11) is 0. The molecule has 0 atom stereocenters. The van der Waals surface area contributed by atoms with Crippen molar-refractivity contribution in [2.45, 2.75) is 12.8 Å². The molecule has 0 bridgehead atoms. The third-order valence-electron chi connectivity index (χ3n) is 2.61. The largest absolute Gasteiger partial charge is 0.481 e. The molecule has 1 amide bonds. The highest BCUT2D eigenvalue weighted by Gasteiger charge is 2.31. The molecular formula is C13H12N2O3S2. The molecule has 7 heteroatoms. The summed E-state index contributed by atoms with van der Waals surface area (Å²) in [5, 5.41) is 8.60. The Hall–Kier alpha value is -1.73. The van der Waals surface area contributed by atoms with Crippen LogP contribution in [0.25, 0.3) is 6.08 Å². The highest BCUT2D eigenvalue weighted by molar-refractivity contribution is 8.26.